The van der Waals surface area contributed by atoms with Crippen LogP contribution in [-0.4, -0.2) is 29.9 Å². The van der Waals surface area contributed by atoms with Crippen LogP contribution < -0.4 is 15.5 Å². The molecule has 2 N–H and O–H groups in total. The van der Waals surface area contributed by atoms with Crippen molar-refractivity contribution in [2.75, 3.05) is 11.9 Å². The van der Waals surface area contributed by atoms with Gasteiger partial charge in [-0.2, -0.15) is 0 Å². The molecule has 0 spiro atoms. The van der Waals surface area contributed by atoms with Crippen LogP contribution >= 0.6 is 23.8 Å². The third-order valence-corrected chi connectivity index (χ3v) is 7.10. The topological polar surface area (TPSA) is 56.7 Å². The maximum Gasteiger partial charge on any atom is 0.272 e. The van der Waals surface area contributed by atoms with E-state index in [1.54, 1.807) is 18.0 Å². The molecule has 0 bridgehead atoms. The lowest BCUT2D eigenvalue weighted by molar-refractivity contribution is -0.119. The van der Waals surface area contributed by atoms with Crippen LogP contribution in [0, 0.1) is 0 Å². The SMILES string of the molecule is CC(NC(=S)NC1N=C(c2ccccc2)c2cc(Cl)ccc2N(C)C1=O)c1cccc2c1CCC=C2. The number of nitrogens with zero attached hydrogens (tertiary/aromatic N) is 2. The van der Waals surface area contributed by atoms with E-state index >= 15 is 0 Å². The quantitative estimate of drug-likeness (QED) is 0.441. The Morgan fingerprint density at radius 3 is 2.75 bits per heavy atom. The van der Waals surface area contributed by atoms with Gasteiger partial charge in [-0.1, -0.05) is 72.3 Å². The molecule has 1 heterocycles. The van der Waals surface area contributed by atoms with Gasteiger partial charge in [-0.15, -0.1) is 0 Å². The lowest BCUT2D eigenvalue weighted by Gasteiger charge is -2.25. The fourth-order valence-electron chi connectivity index (χ4n) is 4.82. The molecule has 5 nitrogen and oxygen atoms in total. The highest BCUT2D eigenvalue weighted by molar-refractivity contribution is 7.80. The zero-order chi connectivity index (χ0) is 25.2. The number of halogens is 1. The minimum Gasteiger partial charge on any atom is -0.356 e. The third-order valence-electron chi connectivity index (χ3n) is 6.63. The number of anilines is 1. The highest BCUT2D eigenvalue weighted by Gasteiger charge is 2.31. The summed E-state index contributed by atoms with van der Waals surface area (Å²) in [6.07, 6.45) is 5.53. The standard InChI is InChI=1S/C29H27ClN4OS/c1-18(22-14-8-12-19-9-6-7-13-23(19)22)31-29(36)33-27-28(35)34(2)25-16-15-21(30)17-24(25)26(32-27)20-10-4-3-5-11-20/h3-6,8-12,14-18,27H,7,13H2,1-2H3,(H2,31,33,36). The molecule has 0 aromatic heterocycles. The molecule has 0 fully saturated rings. The van der Waals surface area contributed by atoms with Crippen LogP contribution in [0.2, 0.25) is 5.02 Å². The van der Waals surface area contributed by atoms with Gasteiger partial charge in [-0.25, -0.2) is 4.99 Å². The van der Waals surface area contributed by atoms with E-state index in [9.17, 15) is 4.79 Å². The predicted octanol–water partition coefficient (Wildman–Crippen LogP) is 5.66. The Balaban J connectivity index is 1.44. The molecular formula is C29H27ClN4OS. The minimum absolute atomic E-state index is 0.0290. The summed E-state index contributed by atoms with van der Waals surface area (Å²) in [7, 11) is 1.75. The Morgan fingerprint density at radius 1 is 1.14 bits per heavy atom. The number of carbonyl (C=O) groups is 1. The summed E-state index contributed by atoms with van der Waals surface area (Å²) in [5.74, 6) is -0.205. The van der Waals surface area contributed by atoms with Crippen LogP contribution in [0.4, 0.5) is 5.69 Å². The second kappa shape index (κ2) is 10.2. The summed E-state index contributed by atoms with van der Waals surface area (Å²) in [4.78, 5) is 20.0. The number of hydrogen-bond donors (Lipinski definition) is 2. The molecule has 3 aromatic rings. The van der Waals surface area contributed by atoms with Crippen LogP contribution in [0.1, 0.15) is 47.2 Å². The number of hydrogen-bond acceptors (Lipinski definition) is 3. The average molecular weight is 515 g/mol. The van der Waals surface area contributed by atoms with Gasteiger partial charge in [0.1, 0.15) is 0 Å². The number of benzodiazepines with no additional fused rings is 1. The van der Waals surface area contributed by atoms with Gasteiger partial charge in [0.2, 0.25) is 6.17 Å². The Labute approximate surface area is 221 Å². The van der Waals surface area contributed by atoms with Crippen molar-refractivity contribution >= 4 is 52.3 Å². The molecular weight excluding hydrogens is 488 g/mol. The van der Waals surface area contributed by atoms with E-state index in [4.69, 9.17) is 28.8 Å². The second-order valence-electron chi connectivity index (χ2n) is 9.00. The third kappa shape index (κ3) is 4.79. The number of nitrogens with one attached hydrogen (secondary N) is 2. The molecule has 5 rings (SSSR count). The van der Waals surface area contributed by atoms with Crippen molar-refractivity contribution in [1.82, 2.24) is 10.6 Å². The summed E-state index contributed by atoms with van der Waals surface area (Å²) in [5.41, 5.74) is 6.92. The lowest BCUT2D eigenvalue weighted by atomic mass is 9.90. The highest BCUT2D eigenvalue weighted by Crippen LogP contribution is 2.30. The van der Waals surface area contributed by atoms with E-state index in [2.05, 4.69) is 47.9 Å². The smallest absolute Gasteiger partial charge is 0.272 e. The van der Waals surface area contributed by atoms with E-state index < -0.39 is 6.17 Å². The Morgan fingerprint density at radius 2 is 1.94 bits per heavy atom. The van der Waals surface area contributed by atoms with E-state index in [0.717, 1.165) is 29.7 Å². The van der Waals surface area contributed by atoms with Crippen molar-refractivity contribution in [1.29, 1.82) is 0 Å². The summed E-state index contributed by atoms with van der Waals surface area (Å²) < 4.78 is 0. The molecule has 1 amide bonds. The largest absolute Gasteiger partial charge is 0.356 e. The summed E-state index contributed by atoms with van der Waals surface area (Å²) in [6.45, 7) is 2.08. The molecule has 36 heavy (non-hydrogen) atoms. The van der Waals surface area contributed by atoms with Crippen molar-refractivity contribution in [3.8, 4) is 0 Å². The van der Waals surface area contributed by atoms with Crippen molar-refractivity contribution in [3.63, 3.8) is 0 Å². The van der Waals surface area contributed by atoms with Crippen molar-refractivity contribution in [3.05, 3.63) is 106 Å². The van der Waals surface area contributed by atoms with Gasteiger partial charge in [-0.05, 0) is 66.9 Å². The molecule has 2 atom stereocenters. The van der Waals surface area contributed by atoms with Gasteiger partial charge in [0.05, 0.1) is 17.4 Å². The summed E-state index contributed by atoms with van der Waals surface area (Å²) in [5, 5.41) is 7.49. The Hall–Kier alpha value is -3.48. The zero-order valence-electron chi connectivity index (χ0n) is 20.2. The predicted molar refractivity (Wildman–Crippen MR) is 152 cm³/mol. The summed E-state index contributed by atoms with van der Waals surface area (Å²) >= 11 is 12.0. The molecule has 2 aliphatic rings. The number of allylic oxidation sites excluding steroid dienone is 1. The second-order valence-corrected chi connectivity index (χ2v) is 9.85. The molecule has 2 unspecified atom stereocenters. The first kappa shape index (κ1) is 24.2. The van der Waals surface area contributed by atoms with Gasteiger partial charge in [0.15, 0.2) is 5.11 Å². The normalized spacial score (nSPS) is 17.4. The number of thiocarbonyl (C=S) groups is 1. The highest BCUT2D eigenvalue weighted by atomic mass is 35.5. The van der Waals surface area contributed by atoms with Gasteiger partial charge >= 0.3 is 0 Å². The van der Waals surface area contributed by atoms with E-state index in [1.807, 2.05) is 42.5 Å². The monoisotopic (exact) mass is 514 g/mol. The fraction of sp³-hybridized carbons (Fsp3) is 0.207. The van der Waals surface area contributed by atoms with Gasteiger partial charge in [-0.3, -0.25) is 4.79 Å². The first-order chi connectivity index (χ1) is 17.4. The average Bonchev–Trinajstić information content (AvgIpc) is 2.99. The maximum absolute atomic E-state index is 13.5. The number of rotatable bonds is 4. The molecule has 0 saturated carbocycles. The minimum atomic E-state index is -0.892. The van der Waals surface area contributed by atoms with Crippen LogP contribution in [0.25, 0.3) is 6.08 Å². The molecule has 7 heteroatoms. The van der Waals surface area contributed by atoms with Crippen LogP contribution in [0.3, 0.4) is 0 Å². The van der Waals surface area contributed by atoms with E-state index in [1.165, 1.54) is 16.7 Å². The number of fused-ring (bicyclic) bond motifs is 2. The molecule has 0 saturated heterocycles. The first-order valence-corrected chi connectivity index (χ1v) is 12.8. The van der Waals surface area contributed by atoms with Crippen LogP contribution in [0.5, 0.6) is 0 Å². The number of likely N-dealkylation sites (N-methyl/N-ethyl adjacent to an activating group) is 1. The molecule has 1 aliphatic heterocycles. The molecule has 0 radical (unpaired) electrons. The molecule has 3 aromatic carbocycles. The zero-order valence-corrected chi connectivity index (χ0v) is 21.7. The van der Waals surface area contributed by atoms with E-state index in [-0.39, 0.29) is 11.9 Å². The lowest BCUT2D eigenvalue weighted by Crippen LogP contribution is -2.49. The Bertz CT molecular complexity index is 1390. The number of carbonyl (C=O) groups excluding carboxylic acids is 1. The number of amides is 1. The number of aliphatic imine (C=N–C) groups is 1. The Kier molecular flexibility index (Phi) is 6.90. The van der Waals surface area contributed by atoms with Gasteiger partial charge < -0.3 is 15.5 Å². The van der Waals surface area contributed by atoms with Gasteiger partial charge in [0, 0.05) is 23.2 Å². The molecule has 1 aliphatic carbocycles. The summed E-state index contributed by atoms with van der Waals surface area (Å²) in [6, 6.07) is 21.6. The molecule has 182 valence electrons. The van der Waals surface area contributed by atoms with E-state index in [0.29, 0.717) is 15.8 Å². The van der Waals surface area contributed by atoms with Gasteiger partial charge in [0.25, 0.3) is 5.91 Å². The van der Waals surface area contributed by atoms with Crippen molar-refractivity contribution < 1.29 is 4.79 Å². The van der Waals surface area contributed by atoms with Crippen LogP contribution in [0.15, 0.2) is 77.8 Å². The van der Waals surface area contributed by atoms with Crippen LogP contribution in [-0.2, 0) is 11.2 Å². The van der Waals surface area contributed by atoms with Crippen molar-refractivity contribution in [2.24, 2.45) is 4.99 Å². The number of benzene rings is 3. The first-order valence-electron chi connectivity index (χ1n) is 12.0. The fourth-order valence-corrected chi connectivity index (χ4v) is 5.28. The maximum atomic E-state index is 13.5. The van der Waals surface area contributed by atoms with Crippen molar-refractivity contribution in [2.45, 2.75) is 32.0 Å².